The van der Waals surface area contributed by atoms with Gasteiger partial charge in [-0.05, 0) is 37.4 Å². The second-order valence-corrected chi connectivity index (χ2v) is 7.31. The molecule has 3 rings (SSSR count). The maximum absolute atomic E-state index is 12.2. The average Bonchev–Trinajstić information content (AvgIpc) is 3.20. The number of anilines is 1. The highest BCUT2D eigenvalue weighted by Crippen LogP contribution is 2.25. The van der Waals surface area contributed by atoms with E-state index < -0.39 is 0 Å². The highest BCUT2D eigenvalue weighted by molar-refractivity contribution is 8.00. The first-order valence-corrected chi connectivity index (χ1v) is 8.88. The first-order valence-electron chi connectivity index (χ1n) is 7.12. The fourth-order valence-electron chi connectivity index (χ4n) is 1.92. The molecule has 1 amide bonds. The summed E-state index contributed by atoms with van der Waals surface area (Å²) in [7, 11) is 0. The van der Waals surface area contributed by atoms with Crippen LogP contribution in [0.2, 0.25) is 0 Å². The van der Waals surface area contributed by atoms with Gasteiger partial charge in [-0.15, -0.1) is 16.4 Å². The molecule has 5 nitrogen and oxygen atoms in total. The van der Waals surface area contributed by atoms with Gasteiger partial charge >= 0.3 is 0 Å². The number of nitrogens with one attached hydrogen (secondary N) is 2. The lowest BCUT2D eigenvalue weighted by Crippen LogP contribution is -2.22. The average molecular weight is 344 g/mol. The molecule has 2 N–H and O–H groups in total. The number of benzene rings is 1. The molecule has 0 fully saturated rings. The Bertz CT molecular complexity index is 781. The minimum absolute atomic E-state index is 0.0682. The number of amides is 1. The van der Waals surface area contributed by atoms with E-state index in [-0.39, 0.29) is 11.2 Å². The van der Waals surface area contributed by atoms with Crippen LogP contribution >= 0.6 is 23.1 Å². The predicted octanol–water partition coefficient (Wildman–Crippen LogP) is 3.96. The fraction of sp³-hybridized carbons (Fsp3) is 0.188. The van der Waals surface area contributed by atoms with E-state index in [1.807, 2.05) is 55.6 Å². The van der Waals surface area contributed by atoms with Crippen LogP contribution in [0.4, 0.5) is 5.69 Å². The molecular formula is C16H16N4OS2. The number of aromatic nitrogens is 3. The number of nitrogens with zero attached hydrogens (tertiary/aromatic N) is 2. The number of carbonyl (C=O) groups excluding carboxylic acids is 1. The molecule has 3 aromatic rings. The first kappa shape index (κ1) is 15.8. The molecule has 0 aliphatic rings. The number of carbonyl (C=O) groups is 1. The van der Waals surface area contributed by atoms with Crippen molar-refractivity contribution in [1.82, 2.24) is 15.2 Å². The Morgan fingerprint density at radius 1 is 1.30 bits per heavy atom. The van der Waals surface area contributed by atoms with Gasteiger partial charge in [-0.3, -0.25) is 9.89 Å². The van der Waals surface area contributed by atoms with E-state index in [0.717, 1.165) is 22.0 Å². The molecular weight excluding hydrogens is 328 g/mol. The van der Waals surface area contributed by atoms with Crippen molar-refractivity contribution in [2.45, 2.75) is 24.3 Å². The smallest absolute Gasteiger partial charge is 0.237 e. The monoisotopic (exact) mass is 344 g/mol. The number of hydrogen-bond acceptors (Lipinski definition) is 5. The van der Waals surface area contributed by atoms with Crippen molar-refractivity contribution in [3.8, 4) is 10.7 Å². The van der Waals surface area contributed by atoms with Crippen LogP contribution in [0, 0.1) is 6.92 Å². The lowest BCUT2D eigenvalue weighted by atomic mass is 10.2. The van der Waals surface area contributed by atoms with E-state index >= 15 is 0 Å². The number of hydrogen-bond donors (Lipinski definition) is 2. The van der Waals surface area contributed by atoms with Crippen molar-refractivity contribution < 1.29 is 4.79 Å². The Morgan fingerprint density at radius 3 is 2.78 bits per heavy atom. The van der Waals surface area contributed by atoms with Crippen LogP contribution in [0.3, 0.4) is 0 Å². The summed E-state index contributed by atoms with van der Waals surface area (Å²) in [5.41, 5.74) is 1.95. The Morgan fingerprint density at radius 2 is 2.09 bits per heavy atom. The molecule has 1 atom stereocenters. The number of aryl methyl sites for hydroxylation is 1. The standard InChI is InChI=1S/C16H16N4OS2/c1-10-5-7-12(8-6-10)17-15(21)11(2)23-16-18-14(19-20-16)13-4-3-9-22-13/h3-9,11H,1-2H3,(H,17,21)(H,18,19,20). The van der Waals surface area contributed by atoms with Gasteiger partial charge in [-0.1, -0.05) is 35.5 Å². The van der Waals surface area contributed by atoms with Gasteiger partial charge in [-0.25, -0.2) is 4.98 Å². The number of aromatic amines is 1. The summed E-state index contributed by atoms with van der Waals surface area (Å²) in [6.07, 6.45) is 0. The second-order valence-electron chi connectivity index (χ2n) is 5.06. The van der Waals surface area contributed by atoms with Gasteiger partial charge in [0.2, 0.25) is 11.1 Å². The van der Waals surface area contributed by atoms with Gasteiger partial charge in [0.05, 0.1) is 10.1 Å². The third kappa shape index (κ3) is 4.00. The van der Waals surface area contributed by atoms with E-state index in [1.165, 1.54) is 11.8 Å². The van der Waals surface area contributed by atoms with Gasteiger partial charge in [-0.2, -0.15) is 0 Å². The normalized spacial score (nSPS) is 12.1. The van der Waals surface area contributed by atoms with Crippen LogP contribution in [0.5, 0.6) is 0 Å². The number of H-pyrrole nitrogens is 1. The largest absolute Gasteiger partial charge is 0.325 e. The molecule has 7 heteroatoms. The maximum Gasteiger partial charge on any atom is 0.237 e. The SMILES string of the molecule is Cc1ccc(NC(=O)C(C)Sc2n[nH]c(-c3cccs3)n2)cc1. The van der Waals surface area contributed by atoms with E-state index in [4.69, 9.17) is 0 Å². The van der Waals surface area contributed by atoms with Crippen molar-refractivity contribution in [1.29, 1.82) is 0 Å². The van der Waals surface area contributed by atoms with Crippen LogP contribution < -0.4 is 5.32 Å². The van der Waals surface area contributed by atoms with Crippen LogP contribution in [-0.4, -0.2) is 26.3 Å². The van der Waals surface area contributed by atoms with E-state index in [0.29, 0.717) is 5.16 Å². The van der Waals surface area contributed by atoms with Gasteiger partial charge in [0.25, 0.3) is 0 Å². The van der Waals surface area contributed by atoms with Crippen molar-refractivity contribution in [2.75, 3.05) is 5.32 Å². The van der Waals surface area contributed by atoms with E-state index in [1.54, 1.807) is 11.3 Å². The second kappa shape index (κ2) is 6.97. The molecule has 0 aliphatic heterocycles. The lowest BCUT2D eigenvalue weighted by Gasteiger charge is -2.10. The molecule has 23 heavy (non-hydrogen) atoms. The van der Waals surface area contributed by atoms with Crippen molar-refractivity contribution >= 4 is 34.7 Å². The molecule has 2 aromatic heterocycles. The van der Waals surface area contributed by atoms with Gasteiger partial charge in [0.15, 0.2) is 5.82 Å². The Kier molecular flexibility index (Phi) is 4.78. The highest BCUT2D eigenvalue weighted by atomic mass is 32.2. The van der Waals surface area contributed by atoms with Crippen molar-refractivity contribution in [2.24, 2.45) is 0 Å². The summed E-state index contributed by atoms with van der Waals surface area (Å²) in [6.45, 7) is 3.86. The minimum atomic E-state index is -0.289. The molecule has 1 aromatic carbocycles. The molecule has 118 valence electrons. The summed E-state index contributed by atoms with van der Waals surface area (Å²) in [4.78, 5) is 17.7. The zero-order valence-corrected chi connectivity index (χ0v) is 14.4. The molecule has 0 saturated carbocycles. The maximum atomic E-state index is 12.2. The third-order valence-electron chi connectivity index (χ3n) is 3.19. The molecule has 0 radical (unpaired) electrons. The predicted molar refractivity (Wildman–Crippen MR) is 94.8 cm³/mol. The molecule has 0 bridgehead atoms. The highest BCUT2D eigenvalue weighted by Gasteiger charge is 2.17. The van der Waals surface area contributed by atoms with Gasteiger partial charge in [0, 0.05) is 5.69 Å². The van der Waals surface area contributed by atoms with Crippen molar-refractivity contribution in [3.05, 3.63) is 47.3 Å². The first-order chi connectivity index (χ1) is 11.1. The van der Waals surface area contributed by atoms with Crippen molar-refractivity contribution in [3.63, 3.8) is 0 Å². The number of thiophene rings is 1. The summed E-state index contributed by atoms with van der Waals surface area (Å²) in [5.74, 6) is 0.662. The van der Waals surface area contributed by atoms with E-state index in [9.17, 15) is 4.79 Å². The van der Waals surface area contributed by atoms with Crippen LogP contribution in [0.15, 0.2) is 46.9 Å². The van der Waals surface area contributed by atoms with Crippen LogP contribution in [0.1, 0.15) is 12.5 Å². The summed E-state index contributed by atoms with van der Waals surface area (Å²) in [5, 5.41) is 12.2. The Labute approximate surface area is 142 Å². The summed E-state index contributed by atoms with van der Waals surface area (Å²) < 4.78 is 0. The molecule has 0 aliphatic carbocycles. The van der Waals surface area contributed by atoms with E-state index in [2.05, 4.69) is 20.5 Å². The molecule has 2 heterocycles. The topological polar surface area (TPSA) is 70.7 Å². The third-order valence-corrected chi connectivity index (χ3v) is 5.03. The van der Waals surface area contributed by atoms with Crippen LogP contribution in [-0.2, 0) is 4.79 Å². The fourth-order valence-corrected chi connectivity index (χ4v) is 3.30. The van der Waals surface area contributed by atoms with Gasteiger partial charge in [0.1, 0.15) is 0 Å². The number of rotatable bonds is 5. The molecule has 0 saturated heterocycles. The van der Waals surface area contributed by atoms with Crippen LogP contribution in [0.25, 0.3) is 10.7 Å². The minimum Gasteiger partial charge on any atom is -0.325 e. The molecule has 0 spiro atoms. The summed E-state index contributed by atoms with van der Waals surface area (Å²) in [6, 6.07) is 11.7. The Hall–Kier alpha value is -2.12. The Balaban J connectivity index is 1.61. The lowest BCUT2D eigenvalue weighted by molar-refractivity contribution is -0.115. The number of thioether (sulfide) groups is 1. The van der Waals surface area contributed by atoms with Gasteiger partial charge < -0.3 is 5.32 Å². The quantitative estimate of drug-likeness (QED) is 0.687. The summed E-state index contributed by atoms with van der Waals surface area (Å²) >= 11 is 2.93. The zero-order valence-electron chi connectivity index (χ0n) is 12.7. The zero-order chi connectivity index (χ0) is 16.2. The molecule has 1 unspecified atom stereocenters.